The standard InChI is InChI=1S/C12H14N6O/c1-8-7-10-12(14-5-6-18(10)16-8)13-4-3-11-15-9(2)19-17-11/h5-7H,3-4H2,1-2H3,(H,13,14). The molecule has 0 spiro atoms. The summed E-state index contributed by atoms with van der Waals surface area (Å²) >= 11 is 0. The lowest BCUT2D eigenvalue weighted by atomic mass is 10.3. The van der Waals surface area contributed by atoms with Crippen molar-refractivity contribution in [3.63, 3.8) is 0 Å². The first-order chi connectivity index (χ1) is 9.22. The van der Waals surface area contributed by atoms with Crippen molar-refractivity contribution in [3.8, 4) is 0 Å². The Kier molecular flexibility index (Phi) is 2.86. The molecule has 7 nitrogen and oxygen atoms in total. The van der Waals surface area contributed by atoms with Crippen LogP contribution >= 0.6 is 0 Å². The molecule has 3 aromatic heterocycles. The van der Waals surface area contributed by atoms with Crippen LogP contribution in [0.15, 0.2) is 23.0 Å². The first kappa shape index (κ1) is 11.6. The van der Waals surface area contributed by atoms with Crippen LogP contribution in [0.4, 0.5) is 5.82 Å². The van der Waals surface area contributed by atoms with Gasteiger partial charge in [-0.25, -0.2) is 9.50 Å². The molecule has 98 valence electrons. The van der Waals surface area contributed by atoms with Crippen molar-refractivity contribution in [1.29, 1.82) is 0 Å². The maximum absolute atomic E-state index is 4.92. The molecule has 0 bridgehead atoms. The second kappa shape index (κ2) is 4.68. The Labute approximate surface area is 109 Å². The lowest BCUT2D eigenvalue weighted by molar-refractivity contribution is 0.387. The van der Waals surface area contributed by atoms with Crippen LogP contribution in [-0.4, -0.2) is 31.3 Å². The van der Waals surface area contributed by atoms with E-state index in [1.54, 1.807) is 13.1 Å². The molecule has 3 aromatic rings. The minimum Gasteiger partial charge on any atom is -0.368 e. The summed E-state index contributed by atoms with van der Waals surface area (Å²) in [6.07, 6.45) is 4.24. The fraction of sp³-hybridized carbons (Fsp3) is 0.333. The van der Waals surface area contributed by atoms with Gasteiger partial charge >= 0.3 is 0 Å². The van der Waals surface area contributed by atoms with Crippen molar-refractivity contribution in [2.24, 2.45) is 0 Å². The van der Waals surface area contributed by atoms with E-state index < -0.39 is 0 Å². The zero-order valence-corrected chi connectivity index (χ0v) is 10.8. The van der Waals surface area contributed by atoms with Gasteiger partial charge in [-0.2, -0.15) is 10.1 Å². The van der Waals surface area contributed by atoms with Gasteiger partial charge in [0.1, 0.15) is 5.52 Å². The predicted molar refractivity (Wildman–Crippen MR) is 69.0 cm³/mol. The van der Waals surface area contributed by atoms with Gasteiger partial charge in [-0.1, -0.05) is 5.16 Å². The Balaban J connectivity index is 1.71. The number of anilines is 1. The summed E-state index contributed by atoms with van der Waals surface area (Å²) in [5.41, 5.74) is 1.93. The van der Waals surface area contributed by atoms with E-state index in [9.17, 15) is 0 Å². The highest BCUT2D eigenvalue weighted by molar-refractivity contribution is 5.67. The molecule has 7 heteroatoms. The van der Waals surface area contributed by atoms with Crippen molar-refractivity contribution in [2.45, 2.75) is 20.3 Å². The molecule has 0 aromatic carbocycles. The van der Waals surface area contributed by atoms with E-state index in [1.807, 2.05) is 23.7 Å². The number of nitrogens with zero attached hydrogens (tertiary/aromatic N) is 5. The van der Waals surface area contributed by atoms with E-state index in [0.717, 1.165) is 17.0 Å². The molecular weight excluding hydrogens is 244 g/mol. The molecule has 0 aliphatic carbocycles. The number of aryl methyl sites for hydroxylation is 2. The normalized spacial score (nSPS) is 11.1. The van der Waals surface area contributed by atoms with E-state index in [-0.39, 0.29) is 0 Å². The highest BCUT2D eigenvalue weighted by Crippen LogP contribution is 2.14. The third kappa shape index (κ3) is 2.40. The van der Waals surface area contributed by atoms with Crippen LogP contribution in [0.1, 0.15) is 17.4 Å². The largest absolute Gasteiger partial charge is 0.368 e. The number of nitrogens with one attached hydrogen (secondary N) is 1. The van der Waals surface area contributed by atoms with Gasteiger partial charge in [0.25, 0.3) is 0 Å². The molecule has 0 aliphatic heterocycles. The molecule has 1 N–H and O–H groups in total. The SMILES string of the molecule is Cc1cc2c(NCCc3noc(C)n3)nccn2n1. The summed E-state index contributed by atoms with van der Waals surface area (Å²) in [6, 6.07) is 1.99. The zero-order chi connectivity index (χ0) is 13.2. The van der Waals surface area contributed by atoms with Crippen molar-refractivity contribution >= 4 is 11.3 Å². The topological polar surface area (TPSA) is 81.1 Å². The molecule has 0 unspecified atom stereocenters. The van der Waals surface area contributed by atoms with Crippen LogP contribution in [0.2, 0.25) is 0 Å². The molecule has 0 aliphatic rings. The highest BCUT2D eigenvalue weighted by Gasteiger charge is 2.06. The number of hydrogen-bond donors (Lipinski definition) is 1. The van der Waals surface area contributed by atoms with Crippen LogP contribution in [0, 0.1) is 13.8 Å². The zero-order valence-electron chi connectivity index (χ0n) is 10.8. The van der Waals surface area contributed by atoms with Crippen LogP contribution in [0.5, 0.6) is 0 Å². The Morgan fingerprint density at radius 2 is 2.26 bits per heavy atom. The quantitative estimate of drug-likeness (QED) is 0.761. The van der Waals surface area contributed by atoms with Gasteiger partial charge in [0.2, 0.25) is 5.89 Å². The molecule has 19 heavy (non-hydrogen) atoms. The minimum absolute atomic E-state index is 0.585. The smallest absolute Gasteiger partial charge is 0.223 e. The Bertz CT molecular complexity index is 701. The fourth-order valence-electron chi connectivity index (χ4n) is 1.92. The number of fused-ring (bicyclic) bond motifs is 1. The summed E-state index contributed by atoms with van der Waals surface area (Å²) in [7, 11) is 0. The van der Waals surface area contributed by atoms with Crippen molar-refractivity contribution in [3.05, 3.63) is 35.9 Å². The van der Waals surface area contributed by atoms with E-state index in [2.05, 4.69) is 25.5 Å². The highest BCUT2D eigenvalue weighted by atomic mass is 16.5. The van der Waals surface area contributed by atoms with Crippen LogP contribution in [0.25, 0.3) is 5.52 Å². The Morgan fingerprint density at radius 1 is 1.37 bits per heavy atom. The van der Waals surface area contributed by atoms with Crippen molar-refractivity contribution in [2.75, 3.05) is 11.9 Å². The molecule has 0 amide bonds. The van der Waals surface area contributed by atoms with Crippen LogP contribution in [0.3, 0.4) is 0 Å². The maximum atomic E-state index is 4.92. The number of aromatic nitrogens is 5. The third-order valence-corrected chi connectivity index (χ3v) is 2.72. The van der Waals surface area contributed by atoms with Gasteiger partial charge < -0.3 is 9.84 Å². The summed E-state index contributed by atoms with van der Waals surface area (Å²) in [5, 5.41) is 11.5. The van der Waals surface area contributed by atoms with Gasteiger partial charge in [0.05, 0.1) is 5.69 Å². The molecule has 0 saturated carbocycles. The maximum Gasteiger partial charge on any atom is 0.223 e. The molecule has 3 rings (SSSR count). The summed E-state index contributed by atoms with van der Waals surface area (Å²) in [5.74, 6) is 2.09. The molecular formula is C12H14N6O. The van der Waals surface area contributed by atoms with E-state index in [1.165, 1.54) is 0 Å². The molecule has 0 atom stereocenters. The summed E-state index contributed by atoms with van der Waals surface area (Å²) in [4.78, 5) is 8.47. The van der Waals surface area contributed by atoms with Gasteiger partial charge in [0.15, 0.2) is 11.6 Å². The van der Waals surface area contributed by atoms with E-state index in [4.69, 9.17) is 4.52 Å². The Hall–Kier alpha value is -2.44. The average Bonchev–Trinajstić information content (AvgIpc) is 2.95. The lowest BCUT2D eigenvalue weighted by Crippen LogP contribution is -2.08. The van der Waals surface area contributed by atoms with Crippen molar-refractivity contribution < 1.29 is 4.52 Å². The van der Waals surface area contributed by atoms with Crippen LogP contribution in [-0.2, 0) is 6.42 Å². The van der Waals surface area contributed by atoms with E-state index in [0.29, 0.717) is 24.7 Å². The minimum atomic E-state index is 0.585. The fourth-order valence-corrected chi connectivity index (χ4v) is 1.92. The second-order valence-electron chi connectivity index (χ2n) is 4.30. The van der Waals surface area contributed by atoms with Gasteiger partial charge in [0, 0.05) is 32.3 Å². The predicted octanol–water partition coefficient (Wildman–Crippen LogP) is 1.38. The van der Waals surface area contributed by atoms with E-state index >= 15 is 0 Å². The first-order valence-corrected chi connectivity index (χ1v) is 6.06. The first-order valence-electron chi connectivity index (χ1n) is 6.06. The summed E-state index contributed by atoms with van der Waals surface area (Å²) < 4.78 is 6.73. The van der Waals surface area contributed by atoms with Gasteiger partial charge in [-0.05, 0) is 13.0 Å². The average molecular weight is 258 g/mol. The van der Waals surface area contributed by atoms with Gasteiger partial charge in [-0.15, -0.1) is 0 Å². The number of hydrogen-bond acceptors (Lipinski definition) is 6. The third-order valence-electron chi connectivity index (χ3n) is 2.72. The summed E-state index contributed by atoms with van der Waals surface area (Å²) in [6.45, 7) is 4.43. The second-order valence-corrected chi connectivity index (χ2v) is 4.30. The monoisotopic (exact) mass is 258 g/mol. The van der Waals surface area contributed by atoms with Gasteiger partial charge in [-0.3, -0.25) is 0 Å². The molecule has 0 radical (unpaired) electrons. The van der Waals surface area contributed by atoms with Crippen LogP contribution < -0.4 is 5.32 Å². The number of rotatable bonds is 4. The molecule has 3 heterocycles. The Morgan fingerprint density at radius 3 is 3.05 bits per heavy atom. The molecule has 0 fully saturated rings. The lowest BCUT2D eigenvalue weighted by Gasteiger charge is -2.04. The van der Waals surface area contributed by atoms with Crippen molar-refractivity contribution in [1.82, 2.24) is 24.7 Å². The molecule has 0 saturated heterocycles.